The molecule has 0 spiro atoms. The molecule has 0 radical (unpaired) electrons. The van der Waals surface area contributed by atoms with Crippen LogP contribution in [0.2, 0.25) is 0 Å². The van der Waals surface area contributed by atoms with E-state index in [-0.39, 0.29) is 0 Å². The van der Waals surface area contributed by atoms with Crippen LogP contribution in [-0.4, -0.2) is 41.4 Å². The molecule has 0 bridgehead atoms. The molecule has 0 aromatic carbocycles. The molecule has 0 aliphatic carbocycles. The molecule has 0 heterocycles. The molecule has 2 N–H and O–H groups in total. The average Bonchev–Trinajstić information content (AvgIpc) is 2.03. The molecular weight excluding hydrogens is 236 g/mol. The molecule has 0 fully saturated rings. The first-order chi connectivity index (χ1) is 5.56. The van der Waals surface area contributed by atoms with E-state index in [1.807, 2.05) is 0 Å². The zero-order chi connectivity index (χ0) is 10.4. The molecule has 0 aromatic heterocycles. The third kappa shape index (κ3) is 140. The molecule has 0 unspecified atom stereocenters. The molecule has 76 valence electrons. The Bertz CT molecular complexity index is 69.1. The third-order valence-electron chi connectivity index (χ3n) is 0.333. The maximum Gasteiger partial charge on any atom is 0.503 e. The monoisotopic (exact) mass is 250 g/mol. The summed E-state index contributed by atoms with van der Waals surface area (Å²) in [6.07, 6.45) is 6.41. The predicted molar refractivity (Wildman–Crippen MR) is 64.7 cm³/mol. The van der Waals surface area contributed by atoms with Gasteiger partial charge < -0.3 is 10.2 Å². The topological polar surface area (TPSA) is 57.5 Å². The van der Waals surface area contributed by atoms with Crippen LogP contribution in [0.3, 0.4) is 0 Å². The quantitative estimate of drug-likeness (QED) is 0.728. The van der Waals surface area contributed by atoms with Crippen molar-refractivity contribution in [3.8, 4) is 0 Å². The van der Waals surface area contributed by atoms with Gasteiger partial charge in [0.25, 0.3) is 0 Å². The first kappa shape index (κ1) is 18.5. The lowest BCUT2D eigenvalue weighted by molar-refractivity contribution is 0.137. The van der Waals surface area contributed by atoms with Crippen molar-refractivity contribution in [3.63, 3.8) is 0 Å². The van der Waals surface area contributed by atoms with Crippen molar-refractivity contribution in [3.05, 3.63) is 0 Å². The van der Waals surface area contributed by atoms with Crippen molar-refractivity contribution < 1.29 is 15.0 Å². The lowest BCUT2D eigenvalue weighted by Gasteiger charge is -1.69. The highest BCUT2D eigenvalue weighted by molar-refractivity contribution is 8.76. The number of rotatable bonds is 2. The highest BCUT2D eigenvalue weighted by atomic mass is 33.1. The summed E-state index contributed by atoms with van der Waals surface area (Å²) < 4.78 is 0. The molecule has 0 saturated carbocycles. The van der Waals surface area contributed by atoms with E-state index in [9.17, 15) is 0 Å². The molecule has 0 aromatic rings. The zero-order valence-corrected chi connectivity index (χ0v) is 10.7. The minimum Gasteiger partial charge on any atom is -0.450 e. The highest BCUT2D eigenvalue weighted by Gasteiger charge is 1.70. The normalized spacial score (nSPS) is 7.00. The van der Waals surface area contributed by atoms with E-state index < -0.39 is 6.16 Å². The van der Waals surface area contributed by atoms with Gasteiger partial charge in [-0.2, -0.15) is 0 Å². The van der Waals surface area contributed by atoms with E-state index in [1.165, 1.54) is 0 Å². The maximum absolute atomic E-state index is 8.56. The van der Waals surface area contributed by atoms with Crippen molar-refractivity contribution in [2.24, 2.45) is 0 Å². The standard InChI is InChI=1S/2C2H6S2.CH2O3/c2*1-3-4-2;2-1(3)4/h2*1-2H3;(H2,2,3,4). The summed E-state index contributed by atoms with van der Waals surface area (Å²) >= 11 is 0. The van der Waals surface area contributed by atoms with Crippen LogP contribution in [0.5, 0.6) is 0 Å². The van der Waals surface area contributed by atoms with Crippen molar-refractivity contribution in [1.29, 1.82) is 0 Å². The third-order valence-corrected chi connectivity index (χ3v) is 3.00. The second kappa shape index (κ2) is 22.6. The van der Waals surface area contributed by atoms with Crippen LogP contribution >= 0.6 is 43.2 Å². The number of carboxylic acid groups (broad SMARTS) is 2. The maximum atomic E-state index is 8.56. The SMILES string of the molecule is CSSC.CSSC.O=C(O)O. The summed E-state index contributed by atoms with van der Waals surface area (Å²) in [6.45, 7) is 0. The summed E-state index contributed by atoms with van der Waals surface area (Å²) in [4.78, 5) is 8.56. The fourth-order valence-electron chi connectivity index (χ4n) is 0. The van der Waals surface area contributed by atoms with E-state index in [0.29, 0.717) is 0 Å². The fraction of sp³-hybridized carbons (Fsp3) is 0.800. The van der Waals surface area contributed by atoms with Crippen molar-refractivity contribution in [2.75, 3.05) is 25.0 Å². The minimum absolute atomic E-state index is 1.77. The number of hydrogen-bond donors (Lipinski definition) is 2. The number of hydrogen-bond acceptors (Lipinski definition) is 5. The first-order valence-corrected chi connectivity index (χ1v) is 8.55. The van der Waals surface area contributed by atoms with Crippen LogP contribution in [0.4, 0.5) is 4.79 Å². The number of carbonyl (C=O) groups is 1. The minimum atomic E-state index is -1.83. The smallest absolute Gasteiger partial charge is 0.450 e. The van der Waals surface area contributed by atoms with Gasteiger partial charge in [0.1, 0.15) is 0 Å². The van der Waals surface area contributed by atoms with Gasteiger partial charge in [-0.15, -0.1) is 0 Å². The van der Waals surface area contributed by atoms with Gasteiger partial charge in [0, 0.05) is 0 Å². The largest absolute Gasteiger partial charge is 0.503 e. The van der Waals surface area contributed by atoms with Gasteiger partial charge in [0.05, 0.1) is 0 Å². The summed E-state index contributed by atoms with van der Waals surface area (Å²) in [5, 5.41) is 13.9. The van der Waals surface area contributed by atoms with E-state index in [0.717, 1.165) is 0 Å². The Labute approximate surface area is 89.3 Å². The van der Waals surface area contributed by atoms with Crippen molar-refractivity contribution >= 4 is 49.3 Å². The van der Waals surface area contributed by atoms with Crippen LogP contribution in [0.25, 0.3) is 0 Å². The Balaban J connectivity index is -0.000000101. The summed E-state index contributed by atoms with van der Waals surface area (Å²) in [5.41, 5.74) is 0. The van der Waals surface area contributed by atoms with Gasteiger partial charge in [-0.1, -0.05) is 43.2 Å². The van der Waals surface area contributed by atoms with Crippen LogP contribution < -0.4 is 0 Å². The Kier molecular flexibility index (Phi) is 34.7. The molecule has 0 aliphatic rings. The summed E-state index contributed by atoms with van der Waals surface area (Å²) in [5.74, 6) is 0. The molecule has 0 aliphatic heterocycles. The molecule has 12 heavy (non-hydrogen) atoms. The Morgan fingerprint density at radius 2 is 0.917 bits per heavy atom. The van der Waals surface area contributed by atoms with Gasteiger partial charge in [0.15, 0.2) is 0 Å². The predicted octanol–water partition coefficient (Wildman–Crippen LogP) is 3.48. The van der Waals surface area contributed by atoms with E-state index in [1.54, 1.807) is 43.2 Å². The van der Waals surface area contributed by atoms with E-state index in [4.69, 9.17) is 15.0 Å². The van der Waals surface area contributed by atoms with Gasteiger partial charge in [-0.05, 0) is 25.0 Å². The molecule has 0 saturated heterocycles. The van der Waals surface area contributed by atoms with Gasteiger partial charge >= 0.3 is 6.16 Å². The van der Waals surface area contributed by atoms with Crippen LogP contribution in [-0.2, 0) is 0 Å². The van der Waals surface area contributed by atoms with Crippen molar-refractivity contribution in [2.45, 2.75) is 0 Å². The Morgan fingerprint density at radius 1 is 0.833 bits per heavy atom. The van der Waals surface area contributed by atoms with Crippen LogP contribution in [0, 0.1) is 0 Å². The summed E-state index contributed by atoms with van der Waals surface area (Å²) in [7, 11) is 7.09. The van der Waals surface area contributed by atoms with Gasteiger partial charge in [-0.3, -0.25) is 0 Å². The van der Waals surface area contributed by atoms with Gasteiger partial charge in [0.2, 0.25) is 0 Å². The van der Waals surface area contributed by atoms with E-state index in [2.05, 4.69) is 25.0 Å². The van der Waals surface area contributed by atoms with E-state index >= 15 is 0 Å². The Morgan fingerprint density at radius 3 is 0.917 bits per heavy atom. The lowest BCUT2D eigenvalue weighted by Crippen LogP contribution is -1.81. The summed E-state index contributed by atoms with van der Waals surface area (Å²) in [6, 6.07) is 0. The van der Waals surface area contributed by atoms with Crippen LogP contribution in [0.15, 0.2) is 0 Å². The van der Waals surface area contributed by atoms with Gasteiger partial charge in [-0.25, -0.2) is 4.79 Å². The molecule has 3 nitrogen and oxygen atoms in total. The lowest BCUT2D eigenvalue weighted by atomic mass is 11.5. The molecule has 7 heteroatoms. The second-order valence-electron chi connectivity index (χ2n) is 0.949. The molecule has 0 atom stereocenters. The fourth-order valence-corrected chi connectivity index (χ4v) is 0. The van der Waals surface area contributed by atoms with Crippen LogP contribution in [0.1, 0.15) is 0 Å². The average molecular weight is 250 g/mol. The highest BCUT2D eigenvalue weighted by Crippen LogP contribution is 2.09. The Hall–Kier alpha value is 0.670. The molecule has 0 rings (SSSR count). The first-order valence-electron chi connectivity index (χ1n) is 2.62. The second-order valence-corrected chi connectivity index (χ2v) is 6.28. The molecular formula is C5H14O3S4. The zero-order valence-electron chi connectivity index (χ0n) is 7.44. The van der Waals surface area contributed by atoms with Crippen molar-refractivity contribution in [1.82, 2.24) is 0 Å². The molecule has 0 amide bonds.